The Balaban J connectivity index is 2.22. The number of rotatable bonds is 9. The van der Waals surface area contributed by atoms with Crippen LogP contribution in [0.5, 0.6) is 0 Å². The van der Waals surface area contributed by atoms with E-state index in [-0.39, 0.29) is 18.8 Å². The fourth-order valence-electron chi connectivity index (χ4n) is 1.40. The van der Waals surface area contributed by atoms with Gasteiger partial charge in [0, 0.05) is 13.2 Å². The van der Waals surface area contributed by atoms with Gasteiger partial charge in [-0.2, -0.15) is 0 Å². The zero-order chi connectivity index (χ0) is 14.1. The maximum atomic E-state index is 13.3. The lowest BCUT2D eigenvalue weighted by molar-refractivity contribution is 0.0103. The number of hydrogen-bond acceptors (Lipinski definition) is 4. The molecular weight excluding hydrogens is 256 g/mol. The number of aliphatic hydroxyl groups is 1. The predicted octanol–water partition coefficient (Wildman–Crippen LogP) is 1.79. The first kappa shape index (κ1) is 15.8. The lowest BCUT2D eigenvalue weighted by Crippen LogP contribution is -2.26. The molecule has 0 aromatic heterocycles. The van der Waals surface area contributed by atoms with Crippen molar-refractivity contribution in [2.75, 3.05) is 38.3 Å². The number of benzene rings is 1. The van der Waals surface area contributed by atoms with Crippen LogP contribution >= 0.6 is 0 Å². The van der Waals surface area contributed by atoms with Crippen molar-refractivity contribution in [3.05, 3.63) is 29.8 Å². The highest BCUT2D eigenvalue weighted by Gasteiger charge is 2.07. The standard InChI is InChI=1S/C13H19F2NO3/c1-2-18-5-6-19-9-11(17)8-16-13-7-10(14)3-4-12(13)15/h3-4,7,11,16-17H,2,5-6,8-9H2,1H3. The minimum Gasteiger partial charge on any atom is -0.389 e. The van der Waals surface area contributed by atoms with Gasteiger partial charge in [-0.25, -0.2) is 8.78 Å². The summed E-state index contributed by atoms with van der Waals surface area (Å²) in [6, 6.07) is 3.11. The summed E-state index contributed by atoms with van der Waals surface area (Å²) in [5.41, 5.74) is 0.0216. The van der Waals surface area contributed by atoms with Gasteiger partial charge in [-0.15, -0.1) is 0 Å². The Morgan fingerprint density at radius 1 is 1.26 bits per heavy atom. The largest absolute Gasteiger partial charge is 0.389 e. The molecule has 0 bridgehead atoms. The van der Waals surface area contributed by atoms with Gasteiger partial charge in [0.1, 0.15) is 11.6 Å². The Labute approximate surface area is 111 Å². The predicted molar refractivity (Wildman–Crippen MR) is 68.2 cm³/mol. The summed E-state index contributed by atoms with van der Waals surface area (Å²) in [5, 5.41) is 12.2. The first-order chi connectivity index (χ1) is 9.13. The Morgan fingerprint density at radius 3 is 2.74 bits per heavy atom. The summed E-state index contributed by atoms with van der Waals surface area (Å²) in [5.74, 6) is -1.10. The molecule has 0 saturated carbocycles. The van der Waals surface area contributed by atoms with Crippen LogP contribution in [0.2, 0.25) is 0 Å². The summed E-state index contributed by atoms with van der Waals surface area (Å²) in [6.45, 7) is 3.54. The maximum Gasteiger partial charge on any atom is 0.146 e. The normalized spacial score (nSPS) is 12.4. The van der Waals surface area contributed by atoms with Crippen molar-refractivity contribution in [1.29, 1.82) is 0 Å². The molecule has 1 aromatic rings. The monoisotopic (exact) mass is 275 g/mol. The molecule has 0 saturated heterocycles. The van der Waals surface area contributed by atoms with E-state index in [1.807, 2.05) is 6.92 Å². The molecule has 0 aliphatic rings. The minimum atomic E-state index is -0.802. The van der Waals surface area contributed by atoms with Crippen LogP contribution in [0.15, 0.2) is 18.2 Å². The topological polar surface area (TPSA) is 50.7 Å². The van der Waals surface area contributed by atoms with Gasteiger partial charge >= 0.3 is 0 Å². The molecule has 1 unspecified atom stereocenters. The van der Waals surface area contributed by atoms with E-state index in [4.69, 9.17) is 9.47 Å². The highest BCUT2D eigenvalue weighted by Crippen LogP contribution is 2.14. The second-order valence-corrected chi connectivity index (χ2v) is 3.93. The Morgan fingerprint density at radius 2 is 2.00 bits per heavy atom. The van der Waals surface area contributed by atoms with Gasteiger partial charge in [0.15, 0.2) is 0 Å². The molecule has 108 valence electrons. The smallest absolute Gasteiger partial charge is 0.146 e. The molecule has 19 heavy (non-hydrogen) atoms. The molecule has 1 rings (SSSR count). The average molecular weight is 275 g/mol. The van der Waals surface area contributed by atoms with E-state index >= 15 is 0 Å². The Hall–Kier alpha value is -1.24. The number of ether oxygens (including phenoxy) is 2. The van der Waals surface area contributed by atoms with Crippen LogP contribution in [-0.4, -0.2) is 44.2 Å². The molecule has 1 aromatic carbocycles. The molecule has 0 spiro atoms. The third-order valence-electron chi connectivity index (χ3n) is 2.34. The minimum absolute atomic E-state index is 0.0216. The molecule has 4 nitrogen and oxygen atoms in total. The molecule has 0 radical (unpaired) electrons. The third kappa shape index (κ3) is 6.47. The van der Waals surface area contributed by atoms with Crippen molar-refractivity contribution in [2.45, 2.75) is 13.0 Å². The van der Waals surface area contributed by atoms with Gasteiger partial charge in [0.2, 0.25) is 0 Å². The van der Waals surface area contributed by atoms with E-state index in [2.05, 4.69) is 5.32 Å². The summed E-state index contributed by atoms with van der Waals surface area (Å²) in [6.07, 6.45) is -0.802. The highest BCUT2D eigenvalue weighted by molar-refractivity contribution is 5.44. The van der Waals surface area contributed by atoms with Gasteiger partial charge in [0.25, 0.3) is 0 Å². The molecule has 0 heterocycles. The number of aliphatic hydroxyl groups excluding tert-OH is 1. The first-order valence-corrected chi connectivity index (χ1v) is 6.16. The maximum absolute atomic E-state index is 13.3. The van der Waals surface area contributed by atoms with Crippen LogP contribution in [0.25, 0.3) is 0 Å². The number of nitrogens with one attached hydrogen (secondary N) is 1. The Kier molecular flexibility index (Phi) is 7.32. The van der Waals surface area contributed by atoms with E-state index in [0.29, 0.717) is 19.8 Å². The van der Waals surface area contributed by atoms with Crippen LogP contribution in [0.1, 0.15) is 6.92 Å². The molecule has 0 aliphatic carbocycles. The van der Waals surface area contributed by atoms with Crippen molar-refractivity contribution < 1.29 is 23.4 Å². The van der Waals surface area contributed by atoms with E-state index < -0.39 is 17.7 Å². The SMILES string of the molecule is CCOCCOCC(O)CNc1cc(F)ccc1F. The van der Waals surface area contributed by atoms with Crippen LogP contribution in [0.3, 0.4) is 0 Å². The molecule has 6 heteroatoms. The van der Waals surface area contributed by atoms with Gasteiger partial charge in [-0.1, -0.05) is 0 Å². The third-order valence-corrected chi connectivity index (χ3v) is 2.34. The van der Waals surface area contributed by atoms with Crippen molar-refractivity contribution in [2.24, 2.45) is 0 Å². The van der Waals surface area contributed by atoms with Gasteiger partial charge in [-0.3, -0.25) is 0 Å². The van der Waals surface area contributed by atoms with E-state index in [1.54, 1.807) is 0 Å². The summed E-state index contributed by atoms with van der Waals surface area (Å²) < 4.78 is 36.4. The van der Waals surface area contributed by atoms with Crippen LogP contribution in [0.4, 0.5) is 14.5 Å². The number of hydrogen-bond donors (Lipinski definition) is 2. The second-order valence-electron chi connectivity index (χ2n) is 3.93. The van der Waals surface area contributed by atoms with Crippen molar-refractivity contribution in [1.82, 2.24) is 0 Å². The Bertz CT molecular complexity index is 377. The second kappa shape index (κ2) is 8.79. The van der Waals surface area contributed by atoms with Gasteiger partial charge in [0.05, 0.1) is 31.6 Å². The lowest BCUT2D eigenvalue weighted by Gasteiger charge is -2.13. The number of halogens is 2. The molecule has 0 fully saturated rings. The summed E-state index contributed by atoms with van der Waals surface area (Å²) >= 11 is 0. The van der Waals surface area contributed by atoms with E-state index in [1.165, 1.54) is 0 Å². The summed E-state index contributed by atoms with van der Waals surface area (Å²) in [4.78, 5) is 0. The molecule has 0 amide bonds. The van der Waals surface area contributed by atoms with Crippen molar-refractivity contribution >= 4 is 5.69 Å². The molecule has 0 aliphatic heterocycles. The zero-order valence-corrected chi connectivity index (χ0v) is 10.9. The fourth-order valence-corrected chi connectivity index (χ4v) is 1.40. The molecule has 1 atom stereocenters. The lowest BCUT2D eigenvalue weighted by atomic mass is 10.3. The van der Waals surface area contributed by atoms with Crippen LogP contribution in [-0.2, 0) is 9.47 Å². The molecule has 2 N–H and O–H groups in total. The first-order valence-electron chi connectivity index (χ1n) is 6.16. The fraction of sp³-hybridized carbons (Fsp3) is 0.538. The van der Waals surface area contributed by atoms with Crippen molar-refractivity contribution in [3.63, 3.8) is 0 Å². The van der Waals surface area contributed by atoms with Crippen LogP contribution in [0, 0.1) is 11.6 Å². The summed E-state index contributed by atoms with van der Waals surface area (Å²) in [7, 11) is 0. The highest BCUT2D eigenvalue weighted by atomic mass is 19.1. The van der Waals surface area contributed by atoms with E-state index in [0.717, 1.165) is 18.2 Å². The number of anilines is 1. The average Bonchev–Trinajstić information content (AvgIpc) is 2.39. The molecular formula is C13H19F2NO3. The van der Waals surface area contributed by atoms with Gasteiger partial charge < -0.3 is 19.9 Å². The zero-order valence-electron chi connectivity index (χ0n) is 10.9. The quantitative estimate of drug-likeness (QED) is 0.675. The van der Waals surface area contributed by atoms with Crippen LogP contribution < -0.4 is 5.32 Å². The van der Waals surface area contributed by atoms with Gasteiger partial charge in [-0.05, 0) is 25.1 Å². The van der Waals surface area contributed by atoms with E-state index in [9.17, 15) is 13.9 Å². The van der Waals surface area contributed by atoms with Crippen molar-refractivity contribution in [3.8, 4) is 0 Å².